The van der Waals surface area contributed by atoms with Crippen LogP contribution < -0.4 is 5.32 Å². The van der Waals surface area contributed by atoms with Crippen molar-refractivity contribution in [1.82, 2.24) is 15.1 Å². The van der Waals surface area contributed by atoms with Gasteiger partial charge in [-0.05, 0) is 12.8 Å². The molecule has 3 fully saturated rings. The van der Waals surface area contributed by atoms with E-state index >= 15 is 0 Å². The number of piperidine rings is 1. The Kier molecular flexibility index (Phi) is 5.20. The van der Waals surface area contributed by atoms with Crippen molar-refractivity contribution in [3.8, 4) is 0 Å². The molecule has 0 aromatic rings. The summed E-state index contributed by atoms with van der Waals surface area (Å²) >= 11 is 2.06. The number of likely N-dealkylation sites (tertiary alicyclic amines) is 1. The van der Waals surface area contributed by atoms with E-state index in [1.807, 2.05) is 4.90 Å². The minimum Gasteiger partial charge on any atom is -0.366 e. The molecule has 0 spiro atoms. The molecule has 3 saturated heterocycles. The number of hydrogen-bond donors (Lipinski definition) is 1. The molecule has 1 amide bonds. The molecule has 3 heterocycles. The zero-order valence-electron chi connectivity index (χ0n) is 12.1. The Morgan fingerprint density at radius 1 is 1.15 bits per heavy atom. The van der Waals surface area contributed by atoms with Crippen LogP contribution in [0.2, 0.25) is 0 Å². The lowest BCUT2D eigenvalue weighted by atomic mass is 10.0. The van der Waals surface area contributed by atoms with Gasteiger partial charge in [-0.1, -0.05) is 0 Å². The third-order valence-electron chi connectivity index (χ3n) is 4.54. The van der Waals surface area contributed by atoms with Crippen molar-refractivity contribution in [2.45, 2.75) is 25.0 Å². The zero-order chi connectivity index (χ0) is 13.8. The SMILES string of the molecule is O=C(C1CNCCO1)N1CCC(N2CCSCC2)CC1. The van der Waals surface area contributed by atoms with Crippen LogP contribution in [0, 0.1) is 0 Å². The maximum atomic E-state index is 12.4. The smallest absolute Gasteiger partial charge is 0.253 e. The van der Waals surface area contributed by atoms with Crippen molar-refractivity contribution >= 4 is 17.7 Å². The van der Waals surface area contributed by atoms with Gasteiger partial charge in [0, 0.05) is 56.8 Å². The van der Waals surface area contributed by atoms with E-state index < -0.39 is 0 Å². The van der Waals surface area contributed by atoms with Crippen molar-refractivity contribution in [3.63, 3.8) is 0 Å². The van der Waals surface area contributed by atoms with E-state index in [1.54, 1.807) is 0 Å². The van der Waals surface area contributed by atoms with Gasteiger partial charge in [0.1, 0.15) is 6.10 Å². The summed E-state index contributed by atoms with van der Waals surface area (Å²) in [6, 6.07) is 0.686. The Morgan fingerprint density at radius 2 is 1.90 bits per heavy atom. The fourth-order valence-electron chi connectivity index (χ4n) is 3.32. The highest BCUT2D eigenvalue weighted by Gasteiger charge is 2.31. The molecule has 3 aliphatic heterocycles. The Balaban J connectivity index is 1.46. The summed E-state index contributed by atoms with van der Waals surface area (Å²) < 4.78 is 5.57. The highest BCUT2D eigenvalue weighted by Crippen LogP contribution is 2.21. The van der Waals surface area contributed by atoms with Gasteiger partial charge in [0.15, 0.2) is 0 Å². The molecule has 0 aliphatic carbocycles. The normalized spacial score (nSPS) is 30.4. The standard InChI is InChI=1S/C14H25N3O2S/c18-14(13-11-15-3-8-19-13)17-4-1-12(2-5-17)16-6-9-20-10-7-16/h12-13,15H,1-11H2. The van der Waals surface area contributed by atoms with Gasteiger partial charge in [-0.2, -0.15) is 11.8 Å². The van der Waals surface area contributed by atoms with E-state index in [1.165, 1.54) is 24.6 Å². The van der Waals surface area contributed by atoms with Crippen molar-refractivity contribution in [2.75, 3.05) is 57.4 Å². The zero-order valence-corrected chi connectivity index (χ0v) is 12.9. The number of nitrogens with zero attached hydrogens (tertiary/aromatic N) is 2. The van der Waals surface area contributed by atoms with E-state index in [-0.39, 0.29) is 12.0 Å². The highest BCUT2D eigenvalue weighted by atomic mass is 32.2. The lowest BCUT2D eigenvalue weighted by molar-refractivity contribution is -0.146. The number of carbonyl (C=O) groups is 1. The van der Waals surface area contributed by atoms with E-state index in [2.05, 4.69) is 22.0 Å². The number of amides is 1. The molecule has 0 radical (unpaired) electrons. The maximum absolute atomic E-state index is 12.4. The van der Waals surface area contributed by atoms with Crippen LogP contribution in [0.1, 0.15) is 12.8 Å². The molecule has 3 rings (SSSR count). The number of ether oxygens (including phenoxy) is 1. The van der Waals surface area contributed by atoms with Crippen LogP contribution >= 0.6 is 11.8 Å². The number of rotatable bonds is 2. The quantitative estimate of drug-likeness (QED) is 0.778. The van der Waals surface area contributed by atoms with Gasteiger partial charge in [-0.3, -0.25) is 9.69 Å². The predicted octanol–water partition coefficient (Wildman–Crippen LogP) is 0.0146. The van der Waals surface area contributed by atoms with E-state index in [4.69, 9.17) is 4.74 Å². The molecule has 1 N–H and O–H groups in total. The molecule has 6 heteroatoms. The summed E-state index contributed by atoms with van der Waals surface area (Å²) in [4.78, 5) is 17.0. The molecule has 0 aromatic carbocycles. The summed E-state index contributed by atoms with van der Waals surface area (Å²) in [7, 11) is 0. The molecule has 114 valence electrons. The van der Waals surface area contributed by atoms with Crippen molar-refractivity contribution in [3.05, 3.63) is 0 Å². The van der Waals surface area contributed by atoms with Gasteiger partial charge < -0.3 is 15.0 Å². The summed E-state index contributed by atoms with van der Waals surface area (Å²) in [6.07, 6.45) is 1.99. The number of morpholine rings is 1. The number of nitrogens with one attached hydrogen (secondary N) is 1. The first-order valence-electron chi connectivity index (χ1n) is 7.77. The molecule has 20 heavy (non-hydrogen) atoms. The minimum absolute atomic E-state index is 0.185. The second-order valence-electron chi connectivity index (χ2n) is 5.77. The first-order valence-corrected chi connectivity index (χ1v) is 8.93. The van der Waals surface area contributed by atoms with Gasteiger partial charge in [0.05, 0.1) is 6.61 Å². The number of carbonyl (C=O) groups excluding carboxylic acids is 1. The van der Waals surface area contributed by atoms with Gasteiger partial charge in [0.2, 0.25) is 0 Å². The molecule has 5 nitrogen and oxygen atoms in total. The third kappa shape index (κ3) is 3.47. The fourth-order valence-corrected chi connectivity index (χ4v) is 4.25. The van der Waals surface area contributed by atoms with Crippen LogP contribution in [0.5, 0.6) is 0 Å². The summed E-state index contributed by atoms with van der Waals surface area (Å²) in [5.74, 6) is 2.71. The van der Waals surface area contributed by atoms with Crippen molar-refractivity contribution in [2.24, 2.45) is 0 Å². The summed E-state index contributed by atoms with van der Waals surface area (Å²) in [6.45, 7) is 6.41. The van der Waals surface area contributed by atoms with Gasteiger partial charge in [-0.25, -0.2) is 0 Å². The highest BCUT2D eigenvalue weighted by molar-refractivity contribution is 7.99. The van der Waals surface area contributed by atoms with Crippen LogP contribution in [-0.4, -0.2) is 85.2 Å². The van der Waals surface area contributed by atoms with Crippen molar-refractivity contribution in [1.29, 1.82) is 0 Å². The molecule has 1 unspecified atom stereocenters. The average molecular weight is 299 g/mol. The Bertz CT molecular complexity index is 322. The molecule has 3 aliphatic rings. The molecular formula is C14H25N3O2S. The van der Waals surface area contributed by atoms with Crippen LogP contribution in [0.25, 0.3) is 0 Å². The lowest BCUT2D eigenvalue weighted by Gasteiger charge is -2.41. The third-order valence-corrected chi connectivity index (χ3v) is 5.48. The van der Waals surface area contributed by atoms with Gasteiger partial charge in [0.25, 0.3) is 5.91 Å². The monoisotopic (exact) mass is 299 g/mol. The topological polar surface area (TPSA) is 44.8 Å². The average Bonchev–Trinajstić information content (AvgIpc) is 2.56. The van der Waals surface area contributed by atoms with Crippen LogP contribution in [0.15, 0.2) is 0 Å². The van der Waals surface area contributed by atoms with Crippen LogP contribution in [-0.2, 0) is 9.53 Å². The largest absolute Gasteiger partial charge is 0.366 e. The Labute approximate surface area is 125 Å². The van der Waals surface area contributed by atoms with E-state index in [0.29, 0.717) is 19.2 Å². The summed E-state index contributed by atoms with van der Waals surface area (Å²) in [5.41, 5.74) is 0. The molecule has 0 bridgehead atoms. The van der Waals surface area contributed by atoms with E-state index in [9.17, 15) is 4.79 Å². The second kappa shape index (κ2) is 7.11. The Morgan fingerprint density at radius 3 is 2.55 bits per heavy atom. The Hall–Kier alpha value is -0.300. The van der Waals surface area contributed by atoms with Gasteiger partial charge >= 0.3 is 0 Å². The predicted molar refractivity (Wildman–Crippen MR) is 81.1 cm³/mol. The van der Waals surface area contributed by atoms with Crippen LogP contribution in [0.3, 0.4) is 0 Å². The minimum atomic E-state index is -0.258. The van der Waals surface area contributed by atoms with Gasteiger partial charge in [-0.15, -0.1) is 0 Å². The second-order valence-corrected chi connectivity index (χ2v) is 6.99. The summed E-state index contributed by atoms with van der Waals surface area (Å²) in [5, 5.41) is 3.23. The molecule has 0 saturated carbocycles. The maximum Gasteiger partial charge on any atom is 0.253 e. The number of hydrogen-bond acceptors (Lipinski definition) is 5. The number of thioether (sulfide) groups is 1. The first kappa shape index (κ1) is 14.6. The molecular weight excluding hydrogens is 274 g/mol. The van der Waals surface area contributed by atoms with Crippen molar-refractivity contribution < 1.29 is 9.53 Å². The first-order chi connectivity index (χ1) is 9.84. The molecule has 0 aromatic heterocycles. The van der Waals surface area contributed by atoms with Crippen LogP contribution in [0.4, 0.5) is 0 Å². The van der Waals surface area contributed by atoms with E-state index in [0.717, 1.165) is 32.5 Å². The molecule has 1 atom stereocenters. The fraction of sp³-hybridized carbons (Fsp3) is 0.929. The lowest BCUT2D eigenvalue weighted by Crippen LogP contribution is -2.54.